The van der Waals surface area contributed by atoms with Crippen LogP contribution in [0.5, 0.6) is 0 Å². The molecule has 10 heteroatoms. The van der Waals surface area contributed by atoms with E-state index in [1.165, 1.54) is 13.2 Å². The maximum absolute atomic E-state index is 12.4. The Labute approximate surface area is 124 Å². The summed E-state index contributed by atoms with van der Waals surface area (Å²) in [6.07, 6.45) is 4.77. The molecule has 2 rings (SSSR count). The second kappa shape index (κ2) is 6.03. The zero-order valence-electron chi connectivity index (χ0n) is 12.0. The number of aromatic nitrogens is 2. The van der Waals surface area contributed by atoms with Crippen molar-refractivity contribution in [3.8, 4) is 0 Å². The lowest BCUT2D eigenvalue weighted by atomic mass is 10.3. The van der Waals surface area contributed by atoms with Gasteiger partial charge < -0.3 is 5.32 Å². The molecule has 0 atom stereocenters. The third-order valence-electron chi connectivity index (χ3n) is 3.28. The summed E-state index contributed by atoms with van der Waals surface area (Å²) >= 11 is 0. The highest BCUT2D eigenvalue weighted by molar-refractivity contribution is 7.91. The molecule has 2 N–H and O–H groups in total. The first-order valence-electron chi connectivity index (χ1n) is 6.60. The van der Waals surface area contributed by atoms with Gasteiger partial charge in [-0.25, -0.2) is 16.8 Å². The van der Waals surface area contributed by atoms with Gasteiger partial charge in [-0.3, -0.25) is 5.10 Å². The van der Waals surface area contributed by atoms with Crippen molar-refractivity contribution in [1.82, 2.24) is 19.8 Å². The third-order valence-corrected chi connectivity index (χ3v) is 6.08. The van der Waals surface area contributed by atoms with Gasteiger partial charge in [-0.2, -0.15) is 9.40 Å². The highest BCUT2D eigenvalue weighted by Crippen LogP contribution is 2.21. The largest absolute Gasteiger partial charge is 0.310 e. The van der Waals surface area contributed by atoms with Crippen molar-refractivity contribution in [2.75, 3.05) is 25.6 Å². The van der Waals surface area contributed by atoms with Gasteiger partial charge in [-0.15, -0.1) is 0 Å². The lowest BCUT2D eigenvalue weighted by molar-refractivity contribution is 0.480. The van der Waals surface area contributed by atoms with Crippen LogP contribution in [0, 0.1) is 0 Å². The first-order chi connectivity index (χ1) is 9.70. The predicted molar refractivity (Wildman–Crippen MR) is 78.0 cm³/mol. The molecule has 120 valence electrons. The Balaban J connectivity index is 2.09. The van der Waals surface area contributed by atoms with Crippen LogP contribution in [0.15, 0.2) is 11.2 Å². The lowest BCUT2D eigenvalue weighted by Crippen LogP contribution is -2.32. The maximum Gasteiger partial charge on any atom is 0.260 e. The first-order valence-corrected chi connectivity index (χ1v) is 10.1. The zero-order chi connectivity index (χ0) is 15.7. The molecule has 21 heavy (non-hydrogen) atoms. The van der Waals surface area contributed by atoms with Gasteiger partial charge in [0.2, 0.25) is 0 Å². The highest BCUT2D eigenvalue weighted by Gasteiger charge is 2.27. The van der Waals surface area contributed by atoms with E-state index >= 15 is 0 Å². The van der Waals surface area contributed by atoms with E-state index in [0.717, 1.165) is 23.4 Å². The molecule has 0 spiro atoms. The Morgan fingerprint density at radius 3 is 2.62 bits per heavy atom. The van der Waals surface area contributed by atoms with Crippen molar-refractivity contribution in [2.24, 2.45) is 0 Å². The SMILES string of the molecule is CN(CCS(C)(=O)=O)S(=O)(=O)c1[nH]ncc1CNC1CC1. The maximum atomic E-state index is 12.4. The van der Waals surface area contributed by atoms with E-state index < -0.39 is 19.9 Å². The number of H-pyrrole nitrogens is 1. The quantitative estimate of drug-likeness (QED) is 0.651. The monoisotopic (exact) mass is 336 g/mol. The van der Waals surface area contributed by atoms with Crippen LogP contribution >= 0.6 is 0 Å². The molecule has 1 aliphatic rings. The van der Waals surface area contributed by atoms with E-state index in [1.807, 2.05) is 0 Å². The summed E-state index contributed by atoms with van der Waals surface area (Å²) in [6.45, 7) is 0.339. The lowest BCUT2D eigenvalue weighted by Gasteiger charge is -2.16. The Bertz CT molecular complexity index is 692. The van der Waals surface area contributed by atoms with Gasteiger partial charge in [0.25, 0.3) is 10.0 Å². The third kappa shape index (κ3) is 4.50. The molecule has 1 aromatic rings. The Kier molecular flexibility index (Phi) is 4.71. The molecule has 0 saturated heterocycles. The minimum absolute atomic E-state index is 0.0200. The summed E-state index contributed by atoms with van der Waals surface area (Å²) in [4.78, 5) is 0. The standard InChI is InChI=1S/C11H20N4O4S2/c1-15(5-6-20(2,16)17)21(18,19)11-9(8-13-14-11)7-12-10-3-4-10/h8,10,12H,3-7H2,1-2H3,(H,13,14). The Morgan fingerprint density at radius 2 is 2.05 bits per heavy atom. The van der Waals surface area contributed by atoms with Gasteiger partial charge in [0.15, 0.2) is 5.03 Å². The molecular formula is C11H20N4O4S2. The molecule has 1 aromatic heterocycles. The van der Waals surface area contributed by atoms with Crippen molar-refractivity contribution in [1.29, 1.82) is 0 Å². The summed E-state index contributed by atoms with van der Waals surface area (Å²) in [5.41, 5.74) is 0.563. The van der Waals surface area contributed by atoms with Gasteiger partial charge in [0, 0.05) is 38.0 Å². The van der Waals surface area contributed by atoms with Crippen molar-refractivity contribution < 1.29 is 16.8 Å². The van der Waals surface area contributed by atoms with E-state index in [4.69, 9.17) is 0 Å². The number of rotatable bonds is 8. The number of hydrogen-bond donors (Lipinski definition) is 2. The molecule has 1 heterocycles. The van der Waals surface area contributed by atoms with Crippen molar-refractivity contribution in [3.05, 3.63) is 11.8 Å². The number of hydrogen-bond acceptors (Lipinski definition) is 6. The average molecular weight is 336 g/mol. The van der Waals surface area contributed by atoms with E-state index in [-0.39, 0.29) is 17.3 Å². The number of nitrogens with one attached hydrogen (secondary N) is 2. The zero-order valence-corrected chi connectivity index (χ0v) is 13.7. The van der Waals surface area contributed by atoms with Crippen LogP contribution in [0.2, 0.25) is 0 Å². The molecule has 0 radical (unpaired) electrons. The van der Waals surface area contributed by atoms with E-state index in [1.54, 1.807) is 0 Å². The second-order valence-electron chi connectivity index (χ2n) is 5.34. The first kappa shape index (κ1) is 16.4. The Hall–Kier alpha value is -0.970. The van der Waals surface area contributed by atoms with Crippen molar-refractivity contribution >= 4 is 19.9 Å². The summed E-state index contributed by atoms with van der Waals surface area (Å²) in [5.74, 6) is -0.216. The summed E-state index contributed by atoms with van der Waals surface area (Å²) in [5, 5.41) is 9.54. The molecular weight excluding hydrogens is 316 g/mol. The summed E-state index contributed by atoms with van der Waals surface area (Å²) in [6, 6.07) is 0.457. The fourth-order valence-electron chi connectivity index (χ4n) is 1.76. The molecule has 1 aliphatic carbocycles. The normalized spacial score (nSPS) is 16.5. The van der Waals surface area contributed by atoms with Gasteiger partial charge in [0.1, 0.15) is 9.84 Å². The minimum Gasteiger partial charge on any atom is -0.310 e. The fraction of sp³-hybridized carbons (Fsp3) is 0.727. The van der Waals surface area contributed by atoms with Gasteiger partial charge >= 0.3 is 0 Å². The van der Waals surface area contributed by atoms with Gasteiger partial charge in [-0.05, 0) is 12.8 Å². The molecule has 0 amide bonds. The van der Waals surface area contributed by atoms with Crippen molar-refractivity contribution in [3.63, 3.8) is 0 Å². The van der Waals surface area contributed by atoms with Gasteiger partial charge in [-0.1, -0.05) is 0 Å². The molecule has 8 nitrogen and oxygen atoms in total. The highest BCUT2D eigenvalue weighted by atomic mass is 32.2. The van der Waals surface area contributed by atoms with Crippen LogP contribution in [0.3, 0.4) is 0 Å². The minimum atomic E-state index is -3.77. The van der Waals surface area contributed by atoms with E-state index in [0.29, 0.717) is 18.2 Å². The number of sulfonamides is 1. The fourth-order valence-corrected chi connectivity index (χ4v) is 3.75. The van der Waals surface area contributed by atoms with E-state index in [9.17, 15) is 16.8 Å². The smallest absolute Gasteiger partial charge is 0.260 e. The van der Waals surface area contributed by atoms with Crippen LogP contribution in [0.4, 0.5) is 0 Å². The van der Waals surface area contributed by atoms with Crippen LogP contribution < -0.4 is 5.32 Å². The molecule has 0 aromatic carbocycles. The average Bonchev–Trinajstić information content (AvgIpc) is 3.08. The molecule has 1 fully saturated rings. The van der Waals surface area contributed by atoms with Crippen LogP contribution in [-0.2, 0) is 26.4 Å². The molecule has 1 saturated carbocycles. The number of aromatic amines is 1. The Morgan fingerprint density at radius 1 is 1.38 bits per heavy atom. The predicted octanol–water partition coefficient (Wildman–Crippen LogP) is -0.673. The van der Waals surface area contributed by atoms with Gasteiger partial charge in [0.05, 0.1) is 11.9 Å². The summed E-state index contributed by atoms with van der Waals surface area (Å²) in [7, 11) is -5.62. The molecule has 0 unspecified atom stereocenters. The molecule has 0 bridgehead atoms. The summed E-state index contributed by atoms with van der Waals surface area (Å²) < 4.78 is 48.2. The second-order valence-corrected chi connectivity index (χ2v) is 9.58. The van der Waals surface area contributed by atoms with Crippen LogP contribution in [0.25, 0.3) is 0 Å². The van der Waals surface area contributed by atoms with Crippen molar-refractivity contribution in [2.45, 2.75) is 30.5 Å². The van der Waals surface area contributed by atoms with Crippen LogP contribution in [0.1, 0.15) is 18.4 Å². The molecule has 0 aliphatic heterocycles. The topological polar surface area (TPSA) is 112 Å². The van der Waals surface area contributed by atoms with E-state index in [2.05, 4.69) is 15.5 Å². The van der Waals surface area contributed by atoms with Crippen LogP contribution in [-0.4, -0.2) is 63.0 Å². The number of nitrogens with zero attached hydrogens (tertiary/aromatic N) is 2. The number of sulfone groups is 1.